The summed E-state index contributed by atoms with van der Waals surface area (Å²) < 4.78 is 16.8. The fourth-order valence-corrected chi connectivity index (χ4v) is 8.25. The maximum Gasteiger partial charge on any atom is 0.306 e. The lowest BCUT2D eigenvalue weighted by Gasteiger charge is -2.18. The smallest absolute Gasteiger partial charge is 0.306 e. The Morgan fingerprint density at radius 3 is 0.810 bits per heavy atom. The second kappa shape index (κ2) is 65.5. The normalized spacial score (nSPS) is 13.2. The zero-order valence-corrected chi connectivity index (χ0v) is 50.8. The first-order valence-corrected chi connectivity index (χ1v) is 32.0. The minimum Gasteiger partial charge on any atom is -0.462 e. The molecule has 0 heterocycles. The monoisotopic (exact) mass is 1090 g/mol. The van der Waals surface area contributed by atoms with E-state index in [4.69, 9.17) is 14.2 Å². The molecule has 0 bridgehead atoms. The molecule has 0 saturated carbocycles. The average molecular weight is 1090 g/mol. The third-order valence-corrected chi connectivity index (χ3v) is 13.0. The molecular weight excluding hydrogens is 973 g/mol. The van der Waals surface area contributed by atoms with Crippen LogP contribution in [0.2, 0.25) is 0 Å². The van der Waals surface area contributed by atoms with Gasteiger partial charge in [0.1, 0.15) is 13.2 Å². The van der Waals surface area contributed by atoms with E-state index in [1.54, 1.807) is 0 Å². The second-order valence-corrected chi connectivity index (χ2v) is 20.5. The van der Waals surface area contributed by atoms with Gasteiger partial charge in [-0.15, -0.1) is 0 Å². The van der Waals surface area contributed by atoms with Gasteiger partial charge in [-0.3, -0.25) is 14.4 Å². The van der Waals surface area contributed by atoms with Crippen LogP contribution in [0.15, 0.2) is 158 Å². The first-order valence-electron chi connectivity index (χ1n) is 32.0. The average Bonchev–Trinajstić information content (AvgIpc) is 3.45. The summed E-state index contributed by atoms with van der Waals surface area (Å²) in [5.74, 6) is -0.968. The fraction of sp³-hybridized carbons (Fsp3) is 0.603. The summed E-state index contributed by atoms with van der Waals surface area (Å²) in [5, 5.41) is 0. The first-order chi connectivity index (χ1) is 39.0. The van der Waals surface area contributed by atoms with Crippen LogP contribution in [0.3, 0.4) is 0 Å². The third-order valence-electron chi connectivity index (χ3n) is 13.0. The molecule has 0 aliphatic carbocycles. The molecular formula is C73H116O6. The molecule has 79 heavy (non-hydrogen) atoms. The summed E-state index contributed by atoms with van der Waals surface area (Å²) in [6.07, 6.45) is 95.4. The van der Waals surface area contributed by atoms with Crippen molar-refractivity contribution in [3.63, 3.8) is 0 Å². The highest BCUT2D eigenvalue weighted by Crippen LogP contribution is 2.14. The van der Waals surface area contributed by atoms with Crippen LogP contribution in [0.4, 0.5) is 0 Å². The van der Waals surface area contributed by atoms with Crippen LogP contribution < -0.4 is 0 Å². The summed E-state index contributed by atoms with van der Waals surface area (Å²) in [6, 6.07) is 0. The lowest BCUT2D eigenvalue weighted by atomic mass is 10.1. The van der Waals surface area contributed by atoms with Gasteiger partial charge in [0.05, 0.1) is 0 Å². The molecule has 1 unspecified atom stereocenters. The van der Waals surface area contributed by atoms with E-state index in [0.717, 1.165) is 148 Å². The van der Waals surface area contributed by atoms with Gasteiger partial charge in [0.15, 0.2) is 6.10 Å². The van der Waals surface area contributed by atoms with E-state index in [1.165, 1.54) is 70.6 Å². The highest BCUT2D eigenvalue weighted by molar-refractivity contribution is 5.71. The Kier molecular flexibility index (Phi) is 61.4. The van der Waals surface area contributed by atoms with Crippen molar-refractivity contribution < 1.29 is 28.6 Å². The molecule has 6 heteroatoms. The van der Waals surface area contributed by atoms with E-state index < -0.39 is 6.10 Å². The molecule has 0 spiro atoms. The number of unbranched alkanes of at least 4 members (excludes halogenated alkanes) is 19. The van der Waals surface area contributed by atoms with Gasteiger partial charge < -0.3 is 14.2 Å². The Bertz CT molecular complexity index is 1780. The van der Waals surface area contributed by atoms with Crippen LogP contribution in [0.25, 0.3) is 0 Å². The predicted molar refractivity (Wildman–Crippen MR) is 343 cm³/mol. The molecule has 0 rings (SSSR count). The lowest BCUT2D eigenvalue weighted by molar-refractivity contribution is -0.167. The highest BCUT2D eigenvalue weighted by Gasteiger charge is 2.19. The molecule has 0 saturated heterocycles. The van der Waals surface area contributed by atoms with Gasteiger partial charge in [0, 0.05) is 19.3 Å². The number of esters is 3. The van der Waals surface area contributed by atoms with E-state index in [1.807, 2.05) is 0 Å². The Morgan fingerprint density at radius 2 is 0.494 bits per heavy atom. The van der Waals surface area contributed by atoms with Gasteiger partial charge in [0.2, 0.25) is 0 Å². The standard InChI is InChI=1S/C73H116O6/c1-4-7-10-13-16-19-22-24-26-28-30-32-33-34-35-36-37-38-39-41-42-44-46-48-51-54-57-60-63-66-72(75)78-69-70(68-77-71(74)65-62-59-56-53-50-21-18-15-12-9-6-3)79-73(76)67-64-61-58-55-52-49-47-45-43-40-31-29-27-25-23-20-17-14-11-8-5-2/h7-8,10-11,15-20,24-27,30-32,34-35,37-38,40,45,47,52,55,70H,4-6,9,12-14,21-23,28-29,33,36,39,41-44,46,48-51,53-54,56-69H2,1-3H3/b10-7-,11-8-,18-15-,19-16-,20-17-,26-24-,27-25-,32-30-,35-34-,38-37-,40-31-,47-45-,55-52-. The Morgan fingerprint density at radius 1 is 0.266 bits per heavy atom. The van der Waals surface area contributed by atoms with Crippen LogP contribution in [0.5, 0.6) is 0 Å². The number of carbonyl (C=O) groups excluding carboxylic acids is 3. The zero-order chi connectivity index (χ0) is 57.1. The molecule has 0 aromatic rings. The Labute approximate surface area is 486 Å². The molecule has 0 aromatic carbocycles. The highest BCUT2D eigenvalue weighted by atomic mass is 16.6. The van der Waals surface area contributed by atoms with E-state index >= 15 is 0 Å². The number of hydrogen-bond donors (Lipinski definition) is 0. The van der Waals surface area contributed by atoms with Crippen molar-refractivity contribution in [1.29, 1.82) is 0 Å². The van der Waals surface area contributed by atoms with Crippen molar-refractivity contribution in [2.45, 2.75) is 271 Å². The summed E-state index contributed by atoms with van der Waals surface area (Å²) in [4.78, 5) is 38.2. The first kappa shape index (κ1) is 74.0. The summed E-state index contributed by atoms with van der Waals surface area (Å²) in [6.45, 7) is 6.32. The predicted octanol–water partition coefficient (Wildman–Crippen LogP) is 22.1. The Hall–Kier alpha value is -4.97. The zero-order valence-electron chi connectivity index (χ0n) is 50.8. The SMILES string of the molecule is CC/C=C\C/C=C\C/C=C\C/C=C\C/C=C\C/C=C\CCCCCCCCCCCCC(=O)OCC(COC(=O)CCCCCCC/C=C\CCCC)OC(=O)CCCC/C=C\C/C=C\C/C=C\C/C=C\C/C=C\C/C=C\CC. The molecule has 0 aliphatic heterocycles. The Balaban J connectivity index is 4.37. The number of ether oxygens (including phenoxy) is 3. The molecule has 0 aromatic heterocycles. The van der Waals surface area contributed by atoms with Crippen molar-refractivity contribution in [3.05, 3.63) is 158 Å². The van der Waals surface area contributed by atoms with Crippen LogP contribution >= 0.6 is 0 Å². The number of carbonyl (C=O) groups is 3. The van der Waals surface area contributed by atoms with Crippen LogP contribution in [-0.2, 0) is 28.6 Å². The summed E-state index contributed by atoms with van der Waals surface area (Å²) in [5.41, 5.74) is 0. The maximum absolute atomic E-state index is 12.9. The molecule has 0 fully saturated rings. The number of rotatable bonds is 56. The molecule has 0 radical (unpaired) electrons. The van der Waals surface area contributed by atoms with E-state index in [9.17, 15) is 14.4 Å². The summed E-state index contributed by atoms with van der Waals surface area (Å²) in [7, 11) is 0. The lowest BCUT2D eigenvalue weighted by Crippen LogP contribution is -2.30. The molecule has 0 N–H and O–H groups in total. The van der Waals surface area contributed by atoms with E-state index in [2.05, 4.69) is 179 Å². The van der Waals surface area contributed by atoms with Crippen LogP contribution in [0, 0.1) is 0 Å². The number of hydrogen-bond acceptors (Lipinski definition) is 6. The fourth-order valence-electron chi connectivity index (χ4n) is 8.25. The van der Waals surface area contributed by atoms with Gasteiger partial charge in [-0.2, -0.15) is 0 Å². The largest absolute Gasteiger partial charge is 0.462 e. The number of allylic oxidation sites excluding steroid dienone is 26. The third kappa shape index (κ3) is 63.7. The van der Waals surface area contributed by atoms with Crippen molar-refractivity contribution in [2.24, 2.45) is 0 Å². The summed E-state index contributed by atoms with van der Waals surface area (Å²) >= 11 is 0. The van der Waals surface area contributed by atoms with Crippen molar-refractivity contribution in [3.8, 4) is 0 Å². The van der Waals surface area contributed by atoms with Gasteiger partial charge in [-0.25, -0.2) is 0 Å². The maximum atomic E-state index is 12.9. The second-order valence-electron chi connectivity index (χ2n) is 20.5. The van der Waals surface area contributed by atoms with Crippen LogP contribution in [0.1, 0.15) is 265 Å². The molecule has 1 atom stereocenters. The minimum absolute atomic E-state index is 0.106. The molecule has 444 valence electrons. The topological polar surface area (TPSA) is 78.9 Å². The van der Waals surface area contributed by atoms with E-state index in [0.29, 0.717) is 19.3 Å². The van der Waals surface area contributed by atoms with Gasteiger partial charge in [0.25, 0.3) is 0 Å². The molecule has 6 nitrogen and oxygen atoms in total. The van der Waals surface area contributed by atoms with Crippen molar-refractivity contribution >= 4 is 17.9 Å². The van der Waals surface area contributed by atoms with Crippen molar-refractivity contribution in [2.75, 3.05) is 13.2 Å². The van der Waals surface area contributed by atoms with Gasteiger partial charge in [-0.1, -0.05) is 262 Å². The van der Waals surface area contributed by atoms with E-state index in [-0.39, 0.29) is 37.5 Å². The van der Waals surface area contributed by atoms with Gasteiger partial charge >= 0.3 is 17.9 Å². The minimum atomic E-state index is -0.814. The van der Waals surface area contributed by atoms with Crippen LogP contribution in [-0.4, -0.2) is 37.2 Å². The van der Waals surface area contributed by atoms with Gasteiger partial charge in [-0.05, 0) is 141 Å². The molecule has 0 aliphatic rings. The molecule has 0 amide bonds. The van der Waals surface area contributed by atoms with Crippen molar-refractivity contribution in [1.82, 2.24) is 0 Å². The quantitative estimate of drug-likeness (QED) is 0.0261.